The standard InChI is InChI=1S/C15H19FN2O/c1-10-4-2-7-13(10)18-14(19)9-17-15(18)11-5-3-6-12(16)8-11/h3,5-6,8,10,13,15,17H,2,4,7,9H2,1H3. The lowest BCUT2D eigenvalue weighted by molar-refractivity contribution is -0.131. The van der Waals surface area contributed by atoms with Crippen LogP contribution >= 0.6 is 0 Å². The Morgan fingerprint density at radius 3 is 2.89 bits per heavy atom. The van der Waals surface area contributed by atoms with Gasteiger partial charge < -0.3 is 4.90 Å². The van der Waals surface area contributed by atoms with E-state index in [-0.39, 0.29) is 23.9 Å². The first-order valence-corrected chi connectivity index (χ1v) is 6.97. The van der Waals surface area contributed by atoms with E-state index >= 15 is 0 Å². The Kier molecular flexibility index (Phi) is 3.27. The van der Waals surface area contributed by atoms with E-state index in [1.807, 2.05) is 11.0 Å². The molecule has 1 heterocycles. The molecule has 3 nitrogen and oxygen atoms in total. The minimum atomic E-state index is -0.252. The third-order valence-electron chi connectivity index (χ3n) is 4.35. The molecule has 3 rings (SSSR count). The molecule has 3 atom stereocenters. The number of nitrogens with zero attached hydrogens (tertiary/aromatic N) is 1. The van der Waals surface area contributed by atoms with Crippen molar-refractivity contribution in [2.24, 2.45) is 5.92 Å². The van der Waals surface area contributed by atoms with Crippen LogP contribution in [-0.4, -0.2) is 23.4 Å². The predicted molar refractivity (Wildman–Crippen MR) is 70.8 cm³/mol. The highest BCUT2D eigenvalue weighted by Crippen LogP contribution is 2.35. The summed E-state index contributed by atoms with van der Waals surface area (Å²) in [5.41, 5.74) is 0.838. The molecule has 2 fully saturated rings. The monoisotopic (exact) mass is 262 g/mol. The van der Waals surface area contributed by atoms with Crippen LogP contribution in [0, 0.1) is 11.7 Å². The molecule has 1 saturated carbocycles. The molecule has 1 aliphatic heterocycles. The van der Waals surface area contributed by atoms with Crippen molar-refractivity contribution >= 4 is 5.91 Å². The summed E-state index contributed by atoms with van der Waals surface area (Å²) in [6.45, 7) is 2.55. The van der Waals surface area contributed by atoms with Gasteiger partial charge in [-0.25, -0.2) is 4.39 Å². The van der Waals surface area contributed by atoms with Gasteiger partial charge in [0, 0.05) is 6.04 Å². The van der Waals surface area contributed by atoms with Gasteiger partial charge in [0.1, 0.15) is 12.0 Å². The number of benzene rings is 1. The third-order valence-corrected chi connectivity index (χ3v) is 4.35. The minimum Gasteiger partial charge on any atom is -0.319 e. The maximum absolute atomic E-state index is 13.4. The van der Waals surface area contributed by atoms with Crippen LogP contribution in [-0.2, 0) is 4.79 Å². The first kappa shape index (κ1) is 12.6. The van der Waals surface area contributed by atoms with Crippen LogP contribution in [0.4, 0.5) is 4.39 Å². The van der Waals surface area contributed by atoms with Crippen LogP contribution < -0.4 is 5.32 Å². The van der Waals surface area contributed by atoms with E-state index in [9.17, 15) is 9.18 Å². The maximum Gasteiger partial charge on any atom is 0.238 e. The molecule has 1 amide bonds. The number of amides is 1. The van der Waals surface area contributed by atoms with E-state index in [0.29, 0.717) is 12.5 Å². The number of halogens is 1. The highest BCUT2D eigenvalue weighted by atomic mass is 19.1. The number of nitrogens with one attached hydrogen (secondary N) is 1. The van der Waals surface area contributed by atoms with Crippen molar-refractivity contribution in [2.45, 2.75) is 38.4 Å². The molecule has 1 saturated heterocycles. The summed E-state index contributed by atoms with van der Waals surface area (Å²) >= 11 is 0. The molecule has 1 aromatic rings. The quantitative estimate of drug-likeness (QED) is 0.888. The van der Waals surface area contributed by atoms with E-state index in [1.165, 1.54) is 25.0 Å². The highest BCUT2D eigenvalue weighted by molar-refractivity contribution is 5.81. The molecule has 19 heavy (non-hydrogen) atoms. The number of hydrogen-bond donors (Lipinski definition) is 1. The Bertz CT molecular complexity index is 491. The molecule has 0 spiro atoms. The second-order valence-corrected chi connectivity index (χ2v) is 5.61. The largest absolute Gasteiger partial charge is 0.319 e. The molecule has 1 aromatic carbocycles. The predicted octanol–water partition coefficient (Wildman–Crippen LogP) is 2.44. The van der Waals surface area contributed by atoms with Gasteiger partial charge in [-0.3, -0.25) is 10.1 Å². The summed E-state index contributed by atoms with van der Waals surface area (Å²) in [7, 11) is 0. The fourth-order valence-corrected chi connectivity index (χ4v) is 3.39. The summed E-state index contributed by atoms with van der Waals surface area (Å²) in [5, 5.41) is 3.21. The summed E-state index contributed by atoms with van der Waals surface area (Å²) in [4.78, 5) is 14.1. The van der Waals surface area contributed by atoms with Crippen LogP contribution in [0.1, 0.15) is 37.9 Å². The van der Waals surface area contributed by atoms with Crippen LogP contribution in [0.2, 0.25) is 0 Å². The van der Waals surface area contributed by atoms with E-state index in [0.717, 1.165) is 12.0 Å². The van der Waals surface area contributed by atoms with Gasteiger partial charge in [0.15, 0.2) is 0 Å². The third kappa shape index (κ3) is 2.25. The minimum absolute atomic E-state index is 0.132. The van der Waals surface area contributed by atoms with Gasteiger partial charge >= 0.3 is 0 Å². The van der Waals surface area contributed by atoms with Crippen molar-refractivity contribution in [1.82, 2.24) is 10.2 Å². The number of rotatable bonds is 2. The summed E-state index contributed by atoms with van der Waals surface area (Å²) < 4.78 is 13.4. The number of carbonyl (C=O) groups excluding carboxylic acids is 1. The van der Waals surface area contributed by atoms with Crippen molar-refractivity contribution in [3.63, 3.8) is 0 Å². The molecule has 1 aliphatic carbocycles. The summed E-state index contributed by atoms with van der Waals surface area (Å²) in [6, 6.07) is 6.82. The second-order valence-electron chi connectivity index (χ2n) is 5.61. The molecule has 3 unspecified atom stereocenters. The van der Waals surface area contributed by atoms with Crippen molar-refractivity contribution in [2.75, 3.05) is 6.54 Å². The summed E-state index contributed by atoms with van der Waals surface area (Å²) in [5.74, 6) is 0.408. The van der Waals surface area contributed by atoms with Crippen LogP contribution in [0.5, 0.6) is 0 Å². The van der Waals surface area contributed by atoms with E-state index < -0.39 is 0 Å². The Morgan fingerprint density at radius 2 is 2.21 bits per heavy atom. The van der Waals surface area contributed by atoms with Crippen LogP contribution in [0.15, 0.2) is 24.3 Å². The molecular formula is C15H19FN2O. The fourth-order valence-electron chi connectivity index (χ4n) is 3.39. The van der Waals surface area contributed by atoms with Gasteiger partial charge in [0.25, 0.3) is 0 Å². The zero-order chi connectivity index (χ0) is 13.4. The molecule has 1 N–H and O–H groups in total. The van der Waals surface area contributed by atoms with Crippen molar-refractivity contribution < 1.29 is 9.18 Å². The van der Waals surface area contributed by atoms with Gasteiger partial charge in [0.05, 0.1) is 6.54 Å². The summed E-state index contributed by atoms with van der Waals surface area (Å²) in [6.07, 6.45) is 3.23. The van der Waals surface area contributed by atoms with E-state index in [4.69, 9.17) is 0 Å². The second kappa shape index (κ2) is 4.93. The van der Waals surface area contributed by atoms with Crippen molar-refractivity contribution in [3.05, 3.63) is 35.6 Å². The smallest absolute Gasteiger partial charge is 0.238 e. The van der Waals surface area contributed by atoms with Crippen molar-refractivity contribution in [3.8, 4) is 0 Å². The van der Waals surface area contributed by atoms with Gasteiger partial charge in [-0.2, -0.15) is 0 Å². The zero-order valence-electron chi connectivity index (χ0n) is 11.1. The Balaban J connectivity index is 1.90. The maximum atomic E-state index is 13.4. The SMILES string of the molecule is CC1CCCC1N1C(=O)CNC1c1cccc(F)c1. The Labute approximate surface area is 112 Å². The fraction of sp³-hybridized carbons (Fsp3) is 0.533. The molecule has 102 valence electrons. The van der Waals surface area contributed by atoms with Gasteiger partial charge in [-0.05, 0) is 36.5 Å². The lowest BCUT2D eigenvalue weighted by Gasteiger charge is -2.33. The normalized spacial score (nSPS) is 31.2. The van der Waals surface area contributed by atoms with Crippen molar-refractivity contribution in [1.29, 1.82) is 0 Å². The number of hydrogen-bond acceptors (Lipinski definition) is 2. The average Bonchev–Trinajstić information content (AvgIpc) is 2.95. The lowest BCUT2D eigenvalue weighted by Crippen LogP contribution is -2.41. The Morgan fingerprint density at radius 1 is 1.37 bits per heavy atom. The topological polar surface area (TPSA) is 32.3 Å². The van der Waals surface area contributed by atoms with E-state index in [1.54, 1.807) is 6.07 Å². The van der Waals surface area contributed by atoms with Gasteiger partial charge in [-0.15, -0.1) is 0 Å². The molecule has 4 heteroatoms. The van der Waals surface area contributed by atoms with E-state index in [2.05, 4.69) is 12.2 Å². The van der Waals surface area contributed by atoms with Gasteiger partial charge in [0.2, 0.25) is 5.91 Å². The first-order valence-electron chi connectivity index (χ1n) is 6.97. The zero-order valence-corrected chi connectivity index (χ0v) is 11.1. The van der Waals surface area contributed by atoms with Gasteiger partial charge in [-0.1, -0.05) is 25.5 Å². The highest BCUT2D eigenvalue weighted by Gasteiger charge is 2.40. The molecular weight excluding hydrogens is 243 g/mol. The van der Waals surface area contributed by atoms with Crippen LogP contribution in [0.3, 0.4) is 0 Å². The molecule has 0 aromatic heterocycles. The molecule has 0 radical (unpaired) electrons. The number of carbonyl (C=O) groups is 1. The first-order chi connectivity index (χ1) is 9.16. The lowest BCUT2D eigenvalue weighted by atomic mass is 10.0. The molecule has 0 bridgehead atoms. The molecule has 2 aliphatic rings. The average molecular weight is 262 g/mol. The Hall–Kier alpha value is -1.42. The van der Waals surface area contributed by atoms with Crippen LogP contribution in [0.25, 0.3) is 0 Å².